The predicted octanol–water partition coefficient (Wildman–Crippen LogP) is 2.16. The van der Waals surface area contributed by atoms with Crippen molar-refractivity contribution in [3.63, 3.8) is 0 Å². The Hall–Kier alpha value is -3.13. The molecule has 0 unspecified atom stereocenters. The molecule has 2 aromatic rings. The Morgan fingerprint density at radius 3 is 2.54 bits per heavy atom. The molecule has 7 nitrogen and oxygen atoms in total. The minimum atomic E-state index is -0.516. The Balaban J connectivity index is 1.71. The molecule has 0 aliphatic heterocycles. The zero-order chi connectivity index (χ0) is 18.8. The third-order valence-electron chi connectivity index (χ3n) is 3.00. The van der Waals surface area contributed by atoms with E-state index in [9.17, 15) is 14.4 Å². The largest absolute Gasteiger partial charge is 0.484 e. The Kier molecular flexibility index (Phi) is 7.38. The highest BCUT2D eigenvalue weighted by atomic mass is 32.1. The molecule has 0 saturated carbocycles. The van der Waals surface area contributed by atoms with E-state index in [1.54, 1.807) is 37.3 Å². The van der Waals surface area contributed by atoms with E-state index in [-0.39, 0.29) is 6.61 Å². The Bertz CT molecular complexity index is 769. The highest BCUT2D eigenvalue weighted by Gasteiger charge is 2.07. The van der Waals surface area contributed by atoms with Crippen molar-refractivity contribution >= 4 is 35.2 Å². The van der Waals surface area contributed by atoms with Gasteiger partial charge < -0.3 is 9.47 Å². The maximum atomic E-state index is 11.7. The van der Waals surface area contributed by atoms with Gasteiger partial charge in [-0.3, -0.25) is 20.4 Å². The highest BCUT2D eigenvalue weighted by molar-refractivity contribution is 7.10. The molecule has 0 fully saturated rings. The lowest BCUT2D eigenvalue weighted by Gasteiger charge is -2.08. The van der Waals surface area contributed by atoms with Crippen molar-refractivity contribution in [3.8, 4) is 5.75 Å². The highest BCUT2D eigenvalue weighted by Crippen LogP contribution is 2.13. The van der Waals surface area contributed by atoms with Crippen LogP contribution >= 0.6 is 11.3 Å². The van der Waals surface area contributed by atoms with Crippen LogP contribution in [0.5, 0.6) is 5.75 Å². The lowest BCUT2D eigenvalue weighted by Crippen LogP contribution is -2.43. The van der Waals surface area contributed by atoms with Gasteiger partial charge in [-0.25, -0.2) is 4.79 Å². The number of amides is 2. The fourth-order valence-electron chi connectivity index (χ4n) is 1.80. The molecule has 8 heteroatoms. The molecule has 0 radical (unpaired) electrons. The molecule has 1 aromatic carbocycles. The van der Waals surface area contributed by atoms with Crippen molar-refractivity contribution in [2.45, 2.75) is 6.92 Å². The summed E-state index contributed by atoms with van der Waals surface area (Å²) in [6, 6.07) is 9.95. The van der Waals surface area contributed by atoms with Gasteiger partial charge in [-0.05, 0) is 48.7 Å². The maximum absolute atomic E-state index is 11.7. The van der Waals surface area contributed by atoms with Crippen LogP contribution in [0.25, 0.3) is 6.08 Å². The number of benzene rings is 1. The number of thiophene rings is 1. The smallest absolute Gasteiger partial charge is 0.338 e. The molecule has 0 spiro atoms. The van der Waals surface area contributed by atoms with Crippen LogP contribution in [0.4, 0.5) is 0 Å². The maximum Gasteiger partial charge on any atom is 0.338 e. The molecule has 0 aliphatic carbocycles. The predicted molar refractivity (Wildman–Crippen MR) is 97.5 cm³/mol. The van der Waals surface area contributed by atoms with Crippen molar-refractivity contribution in [1.82, 2.24) is 10.9 Å². The third-order valence-corrected chi connectivity index (χ3v) is 3.84. The summed E-state index contributed by atoms with van der Waals surface area (Å²) >= 11 is 1.50. The summed E-state index contributed by atoms with van der Waals surface area (Å²) < 4.78 is 10.2. The number of hydrazine groups is 1. The van der Waals surface area contributed by atoms with Crippen LogP contribution in [0.2, 0.25) is 0 Å². The molecule has 0 atom stereocenters. The van der Waals surface area contributed by atoms with E-state index in [2.05, 4.69) is 10.9 Å². The molecule has 2 rings (SSSR count). The van der Waals surface area contributed by atoms with Gasteiger partial charge in [0.15, 0.2) is 6.61 Å². The first kappa shape index (κ1) is 19.2. The second-order valence-corrected chi connectivity index (χ2v) is 5.90. The van der Waals surface area contributed by atoms with Crippen molar-refractivity contribution in [2.24, 2.45) is 0 Å². The number of carbonyl (C=O) groups is 3. The average Bonchev–Trinajstić information content (AvgIpc) is 3.17. The van der Waals surface area contributed by atoms with E-state index in [4.69, 9.17) is 9.47 Å². The molecule has 2 N–H and O–H groups in total. The van der Waals surface area contributed by atoms with Gasteiger partial charge in [0.1, 0.15) is 5.75 Å². The number of nitrogens with one attached hydrogen (secondary N) is 2. The van der Waals surface area contributed by atoms with Crippen molar-refractivity contribution in [3.05, 3.63) is 58.3 Å². The summed E-state index contributed by atoms with van der Waals surface area (Å²) in [6.07, 6.45) is 2.97. The lowest BCUT2D eigenvalue weighted by molar-refractivity contribution is -0.128. The van der Waals surface area contributed by atoms with Gasteiger partial charge >= 0.3 is 5.97 Å². The van der Waals surface area contributed by atoms with E-state index in [1.807, 2.05) is 17.5 Å². The molecule has 2 amide bonds. The van der Waals surface area contributed by atoms with Gasteiger partial charge in [0, 0.05) is 11.0 Å². The number of carbonyl (C=O) groups excluding carboxylic acids is 3. The number of rotatable bonds is 7. The Morgan fingerprint density at radius 1 is 1.12 bits per heavy atom. The molecule has 0 aliphatic rings. The number of ether oxygens (including phenoxy) is 2. The summed E-state index contributed by atoms with van der Waals surface area (Å²) in [4.78, 5) is 35.7. The number of esters is 1. The summed E-state index contributed by atoms with van der Waals surface area (Å²) in [5.41, 5.74) is 4.90. The summed E-state index contributed by atoms with van der Waals surface area (Å²) in [6.45, 7) is 1.74. The van der Waals surface area contributed by atoms with Crippen molar-refractivity contribution in [1.29, 1.82) is 0 Å². The van der Waals surface area contributed by atoms with Gasteiger partial charge in [0.25, 0.3) is 11.8 Å². The van der Waals surface area contributed by atoms with Crippen LogP contribution in [-0.2, 0) is 14.3 Å². The molecule has 1 aromatic heterocycles. The average molecular weight is 374 g/mol. The quantitative estimate of drug-likeness (QED) is 0.440. The van der Waals surface area contributed by atoms with Gasteiger partial charge in [-0.15, -0.1) is 11.3 Å². The van der Waals surface area contributed by atoms with E-state index >= 15 is 0 Å². The first-order chi connectivity index (χ1) is 12.6. The van der Waals surface area contributed by atoms with Crippen LogP contribution in [0.1, 0.15) is 22.2 Å². The summed E-state index contributed by atoms with van der Waals surface area (Å²) in [5, 5.41) is 1.90. The fraction of sp³-hybridized carbons (Fsp3) is 0.167. The zero-order valence-corrected chi connectivity index (χ0v) is 14.9. The molecule has 26 heavy (non-hydrogen) atoms. The first-order valence-corrected chi connectivity index (χ1v) is 8.67. The second-order valence-electron chi connectivity index (χ2n) is 4.92. The molecular weight excluding hydrogens is 356 g/mol. The lowest BCUT2D eigenvalue weighted by atomic mass is 10.2. The Labute approximate surface area is 154 Å². The fourth-order valence-corrected chi connectivity index (χ4v) is 2.42. The van der Waals surface area contributed by atoms with Gasteiger partial charge in [0.05, 0.1) is 12.2 Å². The van der Waals surface area contributed by atoms with Crippen LogP contribution in [0, 0.1) is 0 Å². The van der Waals surface area contributed by atoms with Crippen LogP contribution < -0.4 is 15.6 Å². The molecule has 136 valence electrons. The summed E-state index contributed by atoms with van der Waals surface area (Å²) in [5.74, 6) is -0.977. The van der Waals surface area contributed by atoms with Crippen molar-refractivity contribution < 1.29 is 23.9 Å². The second kappa shape index (κ2) is 10.00. The third kappa shape index (κ3) is 6.40. The molecule has 0 saturated heterocycles. The van der Waals surface area contributed by atoms with Gasteiger partial charge in [-0.1, -0.05) is 6.07 Å². The summed E-state index contributed by atoms with van der Waals surface area (Å²) in [7, 11) is 0. The van der Waals surface area contributed by atoms with Crippen LogP contribution in [-0.4, -0.2) is 31.0 Å². The normalized spacial score (nSPS) is 10.3. The zero-order valence-electron chi connectivity index (χ0n) is 14.1. The first-order valence-electron chi connectivity index (χ1n) is 7.79. The van der Waals surface area contributed by atoms with E-state index in [1.165, 1.54) is 17.4 Å². The Morgan fingerprint density at radius 2 is 1.88 bits per heavy atom. The SMILES string of the molecule is CCOC(=O)c1ccc(OCC(=O)NNC(=O)C=Cc2cccs2)cc1. The topological polar surface area (TPSA) is 93.7 Å². The number of hydrogen-bond acceptors (Lipinski definition) is 6. The molecule has 0 bridgehead atoms. The molecule has 1 heterocycles. The van der Waals surface area contributed by atoms with E-state index in [0.29, 0.717) is 17.9 Å². The van der Waals surface area contributed by atoms with Gasteiger partial charge in [-0.2, -0.15) is 0 Å². The molecular formula is C18H18N2O5S. The van der Waals surface area contributed by atoms with Crippen molar-refractivity contribution in [2.75, 3.05) is 13.2 Å². The minimum absolute atomic E-state index is 0.284. The standard InChI is InChI=1S/C18H18N2O5S/c1-2-24-18(23)13-5-7-14(8-6-13)25-12-17(22)20-19-16(21)10-9-15-4-3-11-26-15/h3-11H,2,12H2,1H3,(H,19,21)(H,20,22). The van der Waals surface area contributed by atoms with Crippen LogP contribution in [0.3, 0.4) is 0 Å². The minimum Gasteiger partial charge on any atom is -0.484 e. The van der Waals surface area contributed by atoms with Crippen LogP contribution in [0.15, 0.2) is 47.9 Å². The monoisotopic (exact) mass is 374 g/mol. The van der Waals surface area contributed by atoms with Gasteiger partial charge in [0.2, 0.25) is 0 Å². The van der Waals surface area contributed by atoms with E-state index < -0.39 is 17.8 Å². The van der Waals surface area contributed by atoms with E-state index in [0.717, 1.165) is 4.88 Å². The number of hydrogen-bond donors (Lipinski definition) is 2.